The summed E-state index contributed by atoms with van der Waals surface area (Å²) in [6.45, 7) is -0.367. The molecule has 2 aromatic carbocycles. The monoisotopic (exact) mass is 482 g/mol. The highest BCUT2D eigenvalue weighted by Gasteiger charge is 2.26. The average Bonchev–Trinajstić information content (AvgIpc) is 2.88. The second-order valence-corrected chi connectivity index (χ2v) is 7.10. The lowest BCUT2D eigenvalue weighted by Gasteiger charge is -2.25. The van der Waals surface area contributed by atoms with Crippen molar-refractivity contribution in [1.82, 2.24) is 15.4 Å². The van der Waals surface area contributed by atoms with E-state index in [4.69, 9.17) is 25.7 Å². The first kappa shape index (κ1) is 25.2. The minimum Gasteiger partial charge on any atom is -0.497 e. The molecule has 0 aliphatic rings. The number of methoxy groups -OCH3 is 1. The summed E-state index contributed by atoms with van der Waals surface area (Å²) in [5, 5.41) is 19.9. The highest BCUT2D eigenvalue weighted by atomic mass is 19.1. The number of hydrogen-bond acceptors (Lipinski definition) is 9. The minimum absolute atomic E-state index is 0.0675. The number of aliphatic imine (C=N–C) groups is 1. The molecule has 0 saturated heterocycles. The van der Waals surface area contributed by atoms with E-state index in [1.54, 1.807) is 49.8 Å². The standard InChI is InChI=1S/C23H27FN8O3/c1-27-22(31-32-23-28-8-3-9-29-23)20(30-15-6-4-14(5-7-15)21(25)26)17-12-16(34-2)13-18(19(17)24)35-11-10-33/h3-9,12-13,20,30,33H,10-11H2,1-2H3,(H3,25,26)(H,27,31)(H,28,29,32)/t20-/m1/s1. The number of hydrogen-bond donors (Lipinski definition) is 6. The highest BCUT2D eigenvalue weighted by molar-refractivity contribution is 5.95. The lowest BCUT2D eigenvalue weighted by atomic mass is 10.0. The molecule has 0 fully saturated rings. The van der Waals surface area contributed by atoms with Gasteiger partial charge in [-0.25, -0.2) is 14.4 Å². The Morgan fingerprint density at radius 2 is 1.94 bits per heavy atom. The van der Waals surface area contributed by atoms with Crippen LogP contribution in [-0.2, 0) is 0 Å². The molecule has 1 heterocycles. The number of halogens is 1. The minimum atomic E-state index is -0.856. The third-order valence-corrected chi connectivity index (χ3v) is 4.83. The maximum Gasteiger partial charge on any atom is 0.241 e. The summed E-state index contributed by atoms with van der Waals surface area (Å²) in [6, 6.07) is 10.5. The van der Waals surface area contributed by atoms with Gasteiger partial charge in [0.25, 0.3) is 0 Å². The molecule has 7 N–H and O–H groups in total. The topological polar surface area (TPSA) is 163 Å². The van der Waals surface area contributed by atoms with Crippen LogP contribution in [0.15, 0.2) is 59.9 Å². The average molecular weight is 483 g/mol. The normalized spacial score (nSPS) is 11.9. The van der Waals surface area contributed by atoms with Crippen molar-refractivity contribution in [3.8, 4) is 11.5 Å². The predicted molar refractivity (Wildman–Crippen MR) is 132 cm³/mol. The number of amidine groups is 2. The van der Waals surface area contributed by atoms with E-state index in [9.17, 15) is 0 Å². The summed E-state index contributed by atoms with van der Waals surface area (Å²) in [4.78, 5) is 12.5. The lowest BCUT2D eigenvalue weighted by Crippen LogP contribution is -2.38. The molecular weight excluding hydrogens is 455 g/mol. The van der Waals surface area contributed by atoms with Gasteiger partial charge in [0.15, 0.2) is 11.6 Å². The zero-order valence-corrected chi connectivity index (χ0v) is 19.2. The summed E-state index contributed by atoms with van der Waals surface area (Å²) in [7, 11) is 3.00. The molecule has 0 unspecified atom stereocenters. The van der Waals surface area contributed by atoms with Gasteiger partial charge in [-0.05, 0) is 36.4 Å². The van der Waals surface area contributed by atoms with Crippen molar-refractivity contribution in [1.29, 1.82) is 5.41 Å². The van der Waals surface area contributed by atoms with E-state index < -0.39 is 11.9 Å². The Hall–Kier alpha value is -4.45. The molecule has 0 spiro atoms. The van der Waals surface area contributed by atoms with Crippen LogP contribution < -0.4 is 31.4 Å². The molecule has 0 radical (unpaired) electrons. The van der Waals surface area contributed by atoms with Gasteiger partial charge < -0.3 is 25.6 Å². The molecule has 184 valence electrons. The molecular formula is C23H27FN8O3. The summed E-state index contributed by atoms with van der Waals surface area (Å²) in [5.41, 5.74) is 12.6. The molecule has 12 heteroatoms. The third kappa shape index (κ3) is 6.54. The van der Waals surface area contributed by atoms with Gasteiger partial charge in [-0.2, -0.15) is 0 Å². The molecule has 3 rings (SSSR count). The number of nitrogens with one attached hydrogen (secondary N) is 4. The summed E-state index contributed by atoms with van der Waals surface area (Å²) in [6.07, 6.45) is 3.14. The fourth-order valence-electron chi connectivity index (χ4n) is 3.13. The van der Waals surface area contributed by atoms with Crippen LogP contribution in [0.3, 0.4) is 0 Å². The molecule has 0 saturated carbocycles. The lowest BCUT2D eigenvalue weighted by molar-refractivity contribution is 0.195. The number of ether oxygens (including phenoxy) is 2. The van der Waals surface area contributed by atoms with Crippen LogP contribution in [0.4, 0.5) is 16.0 Å². The molecule has 3 aromatic rings. The van der Waals surface area contributed by atoms with Crippen LogP contribution >= 0.6 is 0 Å². The molecule has 1 aromatic heterocycles. The Balaban J connectivity index is 2.01. The van der Waals surface area contributed by atoms with Gasteiger partial charge in [0.1, 0.15) is 30.1 Å². The van der Waals surface area contributed by atoms with Crippen molar-refractivity contribution in [3.63, 3.8) is 0 Å². The zero-order valence-electron chi connectivity index (χ0n) is 19.2. The van der Waals surface area contributed by atoms with Crippen molar-refractivity contribution in [2.45, 2.75) is 6.04 Å². The van der Waals surface area contributed by atoms with Gasteiger partial charge in [0.05, 0.1) is 13.7 Å². The number of benzene rings is 2. The van der Waals surface area contributed by atoms with Crippen LogP contribution in [0.2, 0.25) is 0 Å². The first-order valence-corrected chi connectivity index (χ1v) is 10.5. The molecule has 0 aliphatic heterocycles. The first-order chi connectivity index (χ1) is 17.0. The van der Waals surface area contributed by atoms with Crippen LogP contribution in [0.25, 0.3) is 0 Å². The fourth-order valence-corrected chi connectivity index (χ4v) is 3.13. The van der Waals surface area contributed by atoms with Gasteiger partial charge >= 0.3 is 0 Å². The van der Waals surface area contributed by atoms with E-state index in [0.29, 0.717) is 22.8 Å². The second-order valence-electron chi connectivity index (χ2n) is 7.10. The largest absolute Gasteiger partial charge is 0.497 e. The third-order valence-electron chi connectivity index (χ3n) is 4.83. The maximum atomic E-state index is 15.6. The maximum absolute atomic E-state index is 15.6. The van der Waals surface area contributed by atoms with Gasteiger partial charge in [-0.1, -0.05) is 0 Å². The number of hydrazine groups is 1. The number of aliphatic hydroxyl groups excluding tert-OH is 1. The quantitative estimate of drug-likeness (QED) is 0.136. The van der Waals surface area contributed by atoms with Crippen molar-refractivity contribution in [3.05, 3.63) is 71.8 Å². The van der Waals surface area contributed by atoms with Gasteiger partial charge in [0.2, 0.25) is 5.95 Å². The van der Waals surface area contributed by atoms with E-state index in [1.165, 1.54) is 19.2 Å². The SMILES string of the molecule is CN=C(NNc1ncccn1)[C@H](Nc1ccc(C(=N)N)cc1)c1cc(OC)cc(OCCO)c1F. The predicted octanol–water partition coefficient (Wildman–Crippen LogP) is 2.08. The smallest absolute Gasteiger partial charge is 0.241 e. The van der Waals surface area contributed by atoms with E-state index in [1.807, 2.05) is 0 Å². The first-order valence-electron chi connectivity index (χ1n) is 10.5. The van der Waals surface area contributed by atoms with E-state index in [-0.39, 0.29) is 36.3 Å². The summed E-state index contributed by atoms with van der Waals surface area (Å²) < 4.78 is 26.4. The molecule has 1 atom stereocenters. The number of nitrogen functional groups attached to an aromatic ring is 1. The van der Waals surface area contributed by atoms with E-state index >= 15 is 4.39 Å². The van der Waals surface area contributed by atoms with Crippen molar-refractivity contribution in [2.75, 3.05) is 38.1 Å². The number of aromatic nitrogens is 2. The van der Waals surface area contributed by atoms with Crippen molar-refractivity contribution >= 4 is 23.3 Å². The van der Waals surface area contributed by atoms with Gasteiger partial charge in [-0.3, -0.25) is 21.3 Å². The number of nitrogens with two attached hydrogens (primary N) is 1. The second kappa shape index (κ2) is 12.1. The van der Waals surface area contributed by atoms with E-state index in [2.05, 4.69) is 31.1 Å². The van der Waals surface area contributed by atoms with Crippen LogP contribution in [0, 0.1) is 11.2 Å². The Labute approximate surface area is 201 Å². The van der Waals surface area contributed by atoms with Crippen LogP contribution in [0.1, 0.15) is 17.2 Å². The van der Waals surface area contributed by atoms with Gasteiger partial charge in [-0.15, -0.1) is 0 Å². The molecule has 11 nitrogen and oxygen atoms in total. The molecule has 0 bridgehead atoms. The number of aliphatic hydroxyl groups is 1. The number of rotatable bonds is 11. The Bertz CT molecular complexity index is 1160. The Morgan fingerprint density at radius 1 is 1.23 bits per heavy atom. The number of anilines is 2. The molecule has 0 aliphatic carbocycles. The highest BCUT2D eigenvalue weighted by Crippen LogP contribution is 2.33. The van der Waals surface area contributed by atoms with Crippen LogP contribution in [0.5, 0.6) is 11.5 Å². The summed E-state index contributed by atoms with van der Waals surface area (Å²) >= 11 is 0. The fraction of sp³-hybridized carbons (Fsp3) is 0.217. The van der Waals surface area contributed by atoms with Gasteiger partial charge in [0, 0.05) is 42.3 Å². The molecule has 0 amide bonds. The molecule has 35 heavy (non-hydrogen) atoms. The summed E-state index contributed by atoms with van der Waals surface area (Å²) in [5.74, 6) is 0.132. The van der Waals surface area contributed by atoms with Crippen LogP contribution in [-0.4, -0.2) is 54.1 Å². The van der Waals surface area contributed by atoms with Crippen molar-refractivity contribution < 1.29 is 19.0 Å². The number of nitrogens with zero attached hydrogens (tertiary/aromatic N) is 3. The van der Waals surface area contributed by atoms with E-state index in [0.717, 1.165) is 0 Å². The Kier molecular flexibility index (Phi) is 8.73. The van der Waals surface area contributed by atoms with Crippen molar-refractivity contribution in [2.24, 2.45) is 10.7 Å². The Morgan fingerprint density at radius 3 is 2.54 bits per heavy atom. The zero-order chi connectivity index (χ0) is 25.2.